The van der Waals surface area contributed by atoms with E-state index in [-0.39, 0.29) is 0 Å². The molecule has 2 aromatic rings. The maximum Gasteiger partial charge on any atom is 0.140 e. The Hall–Kier alpha value is -1.42. The van der Waals surface area contributed by atoms with Gasteiger partial charge in [-0.1, -0.05) is 0 Å². The highest BCUT2D eigenvalue weighted by molar-refractivity contribution is 5.42. The third-order valence-corrected chi connectivity index (χ3v) is 3.53. The van der Waals surface area contributed by atoms with E-state index in [9.17, 15) is 0 Å². The van der Waals surface area contributed by atoms with Gasteiger partial charge in [0.25, 0.3) is 0 Å². The molecule has 1 aliphatic rings. The second kappa shape index (κ2) is 4.11. The first-order valence-corrected chi connectivity index (χ1v) is 6.28. The zero-order chi connectivity index (χ0) is 11.8. The normalized spacial score (nSPS) is 17.8. The van der Waals surface area contributed by atoms with Crippen molar-refractivity contribution in [3.63, 3.8) is 0 Å². The first kappa shape index (κ1) is 10.7. The van der Waals surface area contributed by atoms with Crippen LogP contribution in [0.3, 0.4) is 0 Å². The maximum absolute atomic E-state index is 4.75. The van der Waals surface area contributed by atoms with Crippen LogP contribution in [0.4, 0.5) is 0 Å². The molecule has 3 rings (SSSR count). The summed E-state index contributed by atoms with van der Waals surface area (Å²) in [4.78, 5) is 9.22. The molecule has 0 aromatic carbocycles. The fourth-order valence-corrected chi connectivity index (χ4v) is 2.62. The zero-order valence-electron chi connectivity index (χ0n) is 10.4. The molecule has 1 fully saturated rings. The summed E-state index contributed by atoms with van der Waals surface area (Å²) in [5.74, 6) is 1.63. The van der Waals surface area contributed by atoms with Crippen LogP contribution in [0.2, 0.25) is 0 Å². The zero-order valence-corrected chi connectivity index (χ0v) is 10.4. The molecule has 1 saturated heterocycles. The quantitative estimate of drug-likeness (QED) is 0.812. The monoisotopic (exact) mass is 230 g/mol. The van der Waals surface area contributed by atoms with Gasteiger partial charge in [0.1, 0.15) is 11.5 Å². The molecular weight excluding hydrogens is 212 g/mol. The third-order valence-electron chi connectivity index (χ3n) is 3.53. The second-order valence-corrected chi connectivity index (χ2v) is 4.86. The summed E-state index contributed by atoms with van der Waals surface area (Å²) in [7, 11) is 0. The van der Waals surface area contributed by atoms with E-state index >= 15 is 0 Å². The van der Waals surface area contributed by atoms with Crippen LogP contribution in [0.1, 0.15) is 36.0 Å². The number of aromatic nitrogens is 3. The second-order valence-electron chi connectivity index (χ2n) is 4.86. The standard InChI is InChI=1S/C13H18N4/c1-9-7-13-16-12(8-17(13)10(2)15-9)11-3-5-14-6-4-11/h7-8,11,14H,3-6H2,1-2H3. The molecule has 0 spiro atoms. The van der Waals surface area contributed by atoms with E-state index in [4.69, 9.17) is 4.98 Å². The topological polar surface area (TPSA) is 42.2 Å². The lowest BCUT2D eigenvalue weighted by atomic mass is 9.95. The summed E-state index contributed by atoms with van der Waals surface area (Å²) in [5.41, 5.74) is 3.29. The van der Waals surface area contributed by atoms with Crippen LogP contribution in [0, 0.1) is 13.8 Å². The van der Waals surface area contributed by atoms with Gasteiger partial charge in [-0.15, -0.1) is 0 Å². The van der Waals surface area contributed by atoms with Crippen LogP contribution >= 0.6 is 0 Å². The van der Waals surface area contributed by atoms with Crippen molar-refractivity contribution in [1.29, 1.82) is 0 Å². The number of hydrogen-bond acceptors (Lipinski definition) is 3. The average molecular weight is 230 g/mol. The Morgan fingerprint density at radius 1 is 1.24 bits per heavy atom. The molecule has 1 N–H and O–H groups in total. The van der Waals surface area contributed by atoms with Gasteiger partial charge >= 0.3 is 0 Å². The molecule has 0 aliphatic carbocycles. The van der Waals surface area contributed by atoms with E-state index in [1.165, 1.54) is 18.5 Å². The van der Waals surface area contributed by atoms with E-state index in [0.29, 0.717) is 5.92 Å². The van der Waals surface area contributed by atoms with Crippen LogP contribution in [0.5, 0.6) is 0 Å². The molecule has 2 aromatic heterocycles. The molecule has 1 aliphatic heterocycles. The Labute approximate surface area is 101 Å². The van der Waals surface area contributed by atoms with Crippen molar-refractivity contribution in [3.05, 3.63) is 29.5 Å². The van der Waals surface area contributed by atoms with Crippen molar-refractivity contribution in [2.45, 2.75) is 32.6 Å². The van der Waals surface area contributed by atoms with Crippen molar-refractivity contribution in [3.8, 4) is 0 Å². The van der Waals surface area contributed by atoms with Crippen LogP contribution in [-0.2, 0) is 0 Å². The Kier molecular flexibility index (Phi) is 2.59. The summed E-state index contributed by atoms with van der Waals surface area (Å²) < 4.78 is 2.10. The van der Waals surface area contributed by atoms with Crippen LogP contribution in [0.15, 0.2) is 12.3 Å². The largest absolute Gasteiger partial charge is 0.317 e. The summed E-state index contributed by atoms with van der Waals surface area (Å²) >= 11 is 0. The fraction of sp³-hybridized carbons (Fsp3) is 0.538. The lowest BCUT2D eigenvalue weighted by Gasteiger charge is -2.20. The van der Waals surface area contributed by atoms with Gasteiger partial charge in [0.15, 0.2) is 0 Å². The van der Waals surface area contributed by atoms with Gasteiger partial charge in [-0.05, 0) is 39.8 Å². The lowest BCUT2D eigenvalue weighted by molar-refractivity contribution is 0.454. The van der Waals surface area contributed by atoms with Gasteiger partial charge in [0.05, 0.1) is 5.69 Å². The number of rotatable bonds is 1. The molecule has 0 bridgehead atoms. The summed E-state index contributed by atoms with van der Waals surface area (Å²) in [6, 6.07) is 2.05. The van der Waals surface area contributed by atoms with Gasteiger partial charge in [0, 0.05) is 23.9 Å². The number of nitrogens with one attached hydrogen (secondary N) is 1. The van der Waals surface area contributed by atoms with Gasteiger partial charge in [-0.2, -0.15) is 0 Å². The first-order chi connectivity index (χ1) is 8.24. The Morgan fingerprint density at radius 3 is 2.76 bits per heavy atom. The minimum absolute atomic E-state index is 0.607. The van der Waals surface area contributed by atoms with E-state index in [2.05, 4.69) is 27.0 Å². The highest BCUT2D eigenvalue weighted by Gasteiger charge is 2.18. The molecule has 0 unspecified atom stereocenters. The number of piperidine rings is 1. The van der Waals surface area contributed by atoms with Gasteiger partial charge in [-0.25, -0.2) is 9.97 Å². The molecule has 90 valence electrons. The number of nitrogens with zero attached hydrogens (tertiary/aromatic N) is 3. The smallest absolute Gasteiger partial charge is 0.140 e. The maximum atomic E-state index is 4.75. The molecular formula is C13H18N4. The van der Waals surface area contributed by atoms with Gasteiger partial charge in [-0.3, -0.25) is 4.40 Å². The summed E-state index contributed by atoms with van der Waals surface area (Å²) in [6.45, 7) is 6.27. The van der Waals surface area contributed by atoms with E-state index < -0.39 is 0 Å². The lowest BCUT2D eigenvalue weighted by Crippen LogP contribution is -2.26. The van der Waals surface area contributed by atoms with E-state index in [1.807, 2.05) is 13.8 Å². The van der Waals surface area contributed by atoms with Crippen LogP contribution in [0.25, 0.3) is 5.65 Å². The summed E-state index contributed by atoms with van der Waals surface area (Å²) in [6.07, 6.45) is 4.54. The highest BCUT2D eigenvalue weighted by Crippen LogP contribution is 2.24. The van der Waals surface area contributed by atoms with Crippen molar-refractivity contribution >= 4 is 5.65 Å². The third kappa shape index (κ3) is 1.93. The molecule has 0 saturated carbocycles. The number of aryl methyl sites for hydroxylation is 2. The summed E-state index contributed by atoms with van der Waals surface area (Å²) in [5, 5.41) is 3.39. The van der Waals surface area contributed by atoms with Crippen LogP contribution < -0.4 is 5.32 Å². The SMILES string of the molecule is Cc1cc2nc(C3CCNCC3)cn2c(C)n1. The van der Waals surface area contributed by atoms with Crippen molar-refractivity contribution < 1.29 is 0 Å². The Bertz CT molecular complexity index is 538. The van der Waals surface area contributed by atoms with Gasteiger partial charge < -0.3 is 5.32 Å². The Morgan fingerprint density at radius 2 is 2.00 bits per heavy atom. The fourth-order valence-electron chi connectivity index (χ4n) is 2.62. The highest BCUT2D eigenvalue weighted by atomic mass is 15.1. The molecule has 0 amide bonds. The molecule has 0 radical (unpaired) electrons. The predicted octanol–water partition coefficient (Wildman–Crippen LogP) is 1.81. The van der Waals surface area contributed by atoms with Crippen LogP contribution in [-0.4, -0.2) is 27.5 Å². The first-order valence-electron chi connectivity index (χ1n) is 6.28. The average Bonchev–Trinajstić information content (AvgIpc) is 2.74. The Balaban J connectivity index is 2.03. The number of imidazole rings is 1. The van der Waals surface area contributed by atoms with Gasteiger partial charge in [0.2, 0.25) is 0 Å². The minimum atomic E-state index is 0.607. The van der Waals surface area contributed by atoms with Crippen molar-refractivity contribution in [2.75, 3.05) is 13.1 Å². The minimum Gasteiger partial charge on any atom is -0.317 e. The van der Waals surface area contributed by atoms with Crippen molar-refractivity contribution in [1.82, 2.24) is 19.7 Å². The predicted molar refractivity (Wildman–Crippen MR) is 67.3 cm³/mol. The van der Waals surface area contributed by atoms with E-state index in [1.54, 1.807) is 0 Å². The van der Waals surface area contributed by atoms with E-state index in [0.717, 1.165) is 30.3 Å². The molecule has 3 heterocycles. The molecule has 4 nitrogen and oxygen atoms in total. The number of hydrogen-bond donors (Lipinski definition) is 1. The molecule has 0 atom stereocenters. The molecule has 4 heteroatoms. The molecule has 17 heavy (non-hydrogen) atoms. The number of fused-ring (bicyclic) bond motifs is 1. The van der Waals surface area contributed by atoms with Crippen molar-refractivity contribution in [2.24, 2.45) is 0 Å².